The number of ether oxygens (including phenoxy) is 1. The van der Waals surface area contributed by atoms with E-state index in [1.165, 1.54) is 6.92 Å². The maximum atomic E-state index is 11.9. The first-order valence-electron chi connectivity index (χ1n) is 6.44. The fourth-order valence-electron chi connectivity index (χ4n) is 1.73. The quantitative estimate of drug-likeness (QED) is 0.719. The Bertz CT molecular complexity index is 716. The van der Waals surface area contributed by atoms with Crippen LogP contribution in [0, 0.1) is 0 Å². The van der Waals surface area contributed by atoms with Crippen LogP contribution in [0.1, 0.15) is 17.3 Å². The lowest BCUT2D eigenvalue weighted by atomic mass is 10.1. The fourth-order valence-corrected chi connectivity index (χ4v) is 2.88. The van der Waals surface area contributed by atoms with E-state index >= 15 is 0 Å². The zero-order valence-electron chi connectivity index (χ0n) is 11.7. The summed E-state index contributed by atoms with van der Waals surface area (Å²) in [7, 11) is 0. The van der Waals surface area contributed by atoms with Crippen LogP contribution >= 0.6 is 31.9 Å². The summed E-state index contributed by atoms with van der Waals surface area (Å²) in [6, 6.07) is 12.2. The molecule has 0 aromatic heterocycles. The van der Waals surface area contributed by atoms with Crippen LogP contribution in [0.2, 0.25) is 0 Å². The van der Waals surface area contributed by atoms with Gasteiger partial charge in [0.1, 0.15) is 5.75 Å². The molecule has 1 N–H and O–H groups in total. The number of carbonyl (C=O) groups excluding carboxylic acids is 2. The van der Waals surface area contributed by atoms with Gasteiger partial charge >= 0.3 is 0 Å². The number of anilines is 1. The molecule has 6 heteroatoms. The Labute approximate surface area is 145 Å². The van der Waals surface area contributed by atoms with E-state index in [4.69, 9.17) is 4.74 Å². The molecule has 2 rings (SSSR count). The van der Waals surface area contributed by atoms with Gasteiger partial charge in [-0.05, 0) is 53.2 Å². The highest BCUT2D eigenvalue weighted by molar-refractivity contribution is 9.11. The van der Waals surface area contributed by atoms with Crippen molar-refractivity contribution < 1.29 is 14.3 Å². The lowest BCUT2D eigenvalue weighted by molar-refractivity contribution is -0.118. The molecule has 0 heterocycles. The summed E-state index contributed by atoms with van der Waals surface area (Å²) in [6.45, 7) is 1.35. The first-order valence-corrected chi connectivity index (χ1v) is 8.03. The second-order valence-electron chi connectivity index (χ2n) is 4.55. The Balaban J connectivity index is 1.95. The molecule has 0 atom stereocenters. The monoisotopic (exact) mass is 425 g/mol. The number of rotatable bonds is 5. The van der Waals surface area contributed by atoms with Crippen LogP contribution in [0.25, 0.3) is 0 Å². The molecular formula is C16H13Br2NO3. The Morgan fingerprint density at radius 1 is 1.14 bits per heavy atom. The summed E-state index contributed by atoms with van der Waals surface area (Å²) in [6.07, 6.45) is 0. The standard InChI is InChI=1S/C16H13Br2NO3/c1-10(20)11-3-2-4-13(7-11)22-9-16(21)19-15-6-5-12(17)8-14(15)18/h2-8H,9H2,1H3,(H,19,21). The third kappa shape index (κ3) is 4.68. The molecule has 4 nitrogen and oxygen atoms in total. The van der Waals surface area contributed by atoms with Crippen LogP contribution < -0.4 is 10.1 Å². The van der Waals surface area contributed by atoms with Crippen molar-refractivity contribution in [3.63, 3.8) is 0 Å². The Kier molecular flexibility index (Phi) is 5.74. The van der Waals surface area contributed by atoms with Crippen LogP contribution in [-0.2, 0) is 4.79 Å². The summed E-state index contributed by atoms with van der Waals surface area (Å²) in [4.78, 5) is 23.2. The van der Waals surface area contributed by atoms with Crippen LogP contribution in [0.5, 0.6) is 5.75 Å². The van der Waals surface area contributed by atoms with E-state index in [-0.39, 0.29) is 18.3 Å². The van der Waals surface area contributed by atoms with Gasteiger partial charge in [0.15, 0.2) is 12.4 Å². The number of amides is 1. The molecule has 1 amide bonds. The minimum absolute atomic E-state index is 0.0475. The van der Waals surface area contributed by atoms with E-state index in [0.29, 0.717) is 17.0 Å². The molecule has 0 aliphatic carbocycles. The lowest BCUT2D eigenvalue weighted by Gasteiger charge is -2.09. The highest BCUT2D eigenvalue weighted by atomic mass is 79.9. The normalized spacial score (nSPS) is 10.1. The fraction of sp³-hybridized carbons (Fsp3) is 0.125. The van der Waals surface area contributed by atoms with Crippen LogP contribution in [0.3, 0.4) is 0 Å². The van der Waals surface area contributed by atoms with Gasteiger partial charge in [-0.3, -0.25) is 9.59 Å². The van der Waals surface area contributed by atoms with Gasteiger partial charge in [0, 0.05) is 14.5 Å². The highest BCUT2D eigenvalue weighted by Crippen LogP contribution is 2.26. The molecule has 0 aliphatic rings. The van der Waals surface area contributed by atoms with E-state index in [9.17, 15) is 9.59 Å². The number of ketones is 1. The van der Waals surface area contributed by atoms with Crippen molar-refractivity contribution in [1.29, 1.82) is 0 Å². The molecule has 114 valence electrons. The van der Waals surface area contributed by atoms with E-state index in [1.54, 1.807) is 30.3 Å². The molecule has 0 saturated heterocycles. The van der Waals surface area contributed by atoms with Gasteiger partial charge in [-0.1, -0.05) is 28.1 Å². The van der Waals surface area contributed by atoms with E-state index in [2.05, 4.69) is 37.2 Å². The zero-order valence-corrected chi connectivity index (χ0v) is 14.9. The van der Waals surface area contributed by atoms with Gasteiger partial charge in [0.2, 0.25) is 0 Å². The van der Waals surface area contributed by atoms with Gasteiger partial charge in [-0.15, -0.1) is 0 Å². The summed E-state index contributed by atoms with van der Waals surface area (Å²) < 4.78 is 7.09. The minimum Gasteiger partial charge on any atom is -0.484 e. The molecule has 22 heavy (non-hydrogen) atoms. The number of nitrogens with one attached hydrogen (secondary N) is 1. The van der Waals surface area contributed by atoms with Crippen LogP contribution in [0.15, 0.2) is 51.4 Å². The number of halogens is 2. The van der Waals surface area contributed by atoms with E-state index in [1.807, 2.05) is 12.1 Å². The van der Waals surface area contributed by atoms with Crippen molar-refractivity contribution >= 4 is 49.2 Å². The average molecular weight is 427 g/mol. The maximum Gasteiger partial charge on any atom is 0.262 e. The van der Waals surface area contributed by atoms with E-state index < -0.39 is 0 Å². The second-order valence-corrected chi connectivity index (χ2v) is 6.32. The van der Waals surface area contributed by atoms with Crippen molar-refractivity contribution in [2.45, 2.75) is 6.92 Å². The number of hydrogen-bond acceptors (Lipinski definition) is 3. The Hall–Kier alpha value is -1.66. The summed E-state index contributed by atoms with van der Waals surface area (Å²) in [5.74, 6) is 0.155. The Morgan fingerprint density at radius 3 is 2.59 bits per heavy atom. The van der Waals surface area contributed by atoms with Gasteiger partial charge in [-0.2, -0.15) is 0 Å². The molecule has 0 radical (unpaired) electrons. The van der Waals surface area contributed by atoms with Crippen molar-refractivity contribution in [2.24, 2.45) is 0 Å². The van der Waals surface area contributed by atoms with Gasteiger partial charge in [0.25, 0.3) is 5.91 Å². The molecule has 0 saturated carbocycles. The minimum atomic E-state index is -0.281. The number of Topliss-reactive ketones (excluding diaryl/α,β-unsaturated/α-hetero) is 1. The molecule has 2 aromatic rings. The lowest BCUT2D eigenvalue weighted by Crippen LogP contribution is -2.20. The molecule has 0 unspecified atom stereocenters. The third-order valence-electron chi connectivity index (χ3n) is 2.82. The summed E-state index contributed by atoms with van der Waals surface area (Å²) >= 11 is 6.72. The van der Waals surface area contributed by atoms with Crippen molar-refractivity contribution in [1.82, 2.24) is 0 Å². The maximum absolute atomic E-state index is 11.9. The predicted octanol–water partition coefficient (Wildman–Crippen LogP) is 4.43. The SMILES string of the molecule is CC(=O)c1cccc(OCC(=O)Nc2ccc(Br)cc2Br)c1. The van der Waals surface area contributed by atoms with Crippen LogP contribution in [0.4, 0.5) is 5.69 Å². The van der Waals surface area contributed by atoms with Crippen molar-refractivity contribution in [3.05, 3.63) is 57.0 Å². The smallest absolute Gasteiger partial charge is 0.262 e. The molecule has 0 spiro atoms. The second kappa shape index (κ2) is 7.56. The molecule has 2 aromatic carbocycles. The summed E-state index contributed by atoms with van der Waals surface area (Å²) in [5.41, 5.74) is 1.21. The van der Waals surface area contributed by atoms with E-state index in [0.717, 1.165) is 8.95 Å². The van der Waals surface area contributed by atoms with Crippen molar-refractivity contribution in [3.8, 4) is 5.75 Å². The number of hydrogen-bond donors (Lipinski definition) is 1. The summed E-state index contributed by atoms with van der Waals surface area (Å²) in [5, 5.41) is 2.75. The van der Waals surface area contributed by atoms with Gasteiger partial charge < -0.3 is 10.1 Å². The molecule has 0 aliphatic heterocycles. The number of benzene rings is 2. The van der Waals surface area contributed by atoms with Crippen molar-refractivity contribution in [2.75, 3.05) is 11.9 Å². The zero-order chi connectivity index (χ0) is 16.1. The Morgan fingerprint density at radius 2 is 1.91 bits per heavy atom. The highest BCUT2D eigenvalue weighted by Gasteiger charge is 2.08. The molecular weight excluding hydrogens is 414 g/mol. The molecule has 0 fully saturated rings. The van der Waals surface area contributed by atoms with Crippen LogP contribution in [-0.4, -0.2) is 18.3 Å². The first-order chi connectivity index (χ1) is 10.5. The third-order valence-corrected chi connectivity index (χ3v) is 3.97. The first kappa shape index (κ1) is 16.7. The van der Waals surface area contributed by atoms with Gasteiger partial charge in [0.05, 0.1) is 5.69 Å². The van der Waals surface area contributed by atoms with Gasteiger partial charge in [-0.25, -0.2) is 0 Å². The topological polar surface area (TPSA) is 55.4 Å². The predicted molar refractivity (Wildman–Crippen MR) is 92.4 cm³/mol. The average Bonchev–Trinajstić information content (AvgIpc) is 2.48. The molecule has 0 bridgehead atoms. The number of carbonyl (C=O) groups is 2. The largest absolute Gasteiger partial charge is 0.484 e.